The van der Waals surface area contributed by atoms with E-state index in [2.05, 4.69) is 15.6 Å². The van der Waals surface area contributed by atoms with Gasteiger partial charge in [0.1, 0.15) is 11.6 Å². The first kappa shape index (κ1) is 24.3. The first-order valence-electron chi connectivity index (χ1n) is 8.99. The summed E-state index contributed by atoms with van der Waals surface area (Å²) in [5, 5.41) is 6.28. The van der Waals surface area contributed by atoms with E-state index in [4.69, 9.17) is 4.42 Å². The molecule has 2 N–H and O–H groups in total. The van der Waals surface area contributed by atoms with E-state index in [1.54, 1.807) is 0 Å². The second-order valence-electron chi connectivity index (χ2n) is 6.59. The van der Waals surface area contributed by atoms with Gasteiger partial charge in [0.2, 0.25) is 5.91 Å². The van der Waals surface area contributed by atoms with Gasteiger partial charge in [-0.25, -0.2) is 13.8 Å². The molecule has 2 aromatic rings. The molecule has 0 spiro atoms. The number of carbonyl (C=O) groups excluding carboxylic acids is 1. The smallest absolute Gasteiger partial charge is 0.220 e. The van der Waals surface area contributed by atoms with Gasteiger partial charge in [-0.2, -0.15) is 0 Å². The lowest BCUT2D eigenvalue weighted by molar-refractivity contribution is -0.121. The number of hydrogen-bond donors (Lipinski definition) is 2. The standard InChI is InChI=1S/C19H23F2N3O2.2ClH/c20-14-3-4-15(16(21)10-14)17-12-24-19(26-17)6-5-18(25)23-9-7-13-2-1-8-22-11-13;;/h3-4,10,12-13,22H,1-2,5-9,11H2,(H,23,25);2*1H. The maximum absolute atomic E-state index is 13.8. The highest BCUT2D eigenvalue weighted by Gasteiger charge is 2.14. The van der Waals surface area contributed by atoms with Crippen LogP contribution < -0.4 is 10.6 Å². The normalized spacial score (nSPS) is 16.0. The number of oxazole rings is 1. The molecule has 1 fully saturated rings. The topological polar surface area (TPSA) is 67.2 Å². The second-order valence-corrected chi connectivity index (χ2v) is 6.59. The molecule has 0 bridgehead atoms. The molecule has 3 rings (SSSR count). The van der Waals surface area contributed by atoms with Gasteiger partial charge >= 0.3 is 0 Å². The molecule has 0 radical (unpaired) electrons. The predicted molar refractivity (Wildman–Crippen MR) is 108 cm³/mol. The lowest BCUT2D eigenvalue weighted by Crippen LogP contribution is -2.33. The van der Waals surface area contributed by atoms with Crippen molar-refractivity contribution in [2.75, 3.05) is 19.6 Å². The predicted octanol–water partition coefficient (Wildman–Crippen LogP) is 3.90. The van der Waals surface area contributed by atoms with Gasteiger partial charge in [-0.15, -0.1) is 24.8 Å². The largest absolute Gasteiger partial charge is 0.441 e. The zero-order valence-corrected chi connectivity index (χ0v) is 17.0. The molecule has 1 aromatic carbocycles. The molecule has 2 heterocycles. The van der Waals surface area contributed by atoms with Crippen LogP contribution in [-0.2, 0) is 11.2 Å². The number of nitrogens with zero attached hydrogens (tertiary/aromatic N) is 1. The average molecular weight is 436 g/mol. The van der Waals surface area contributed by atoms with Crippen molar-refractivity contribution in [3.8, 4) is 11.3 Å². The fourth-order valence-electron chi connectivity index (χ4n) is 3.13. The maximum atomic E-state index is 13.8. The van der Waals surface area contributed by atoms with Crippen molar-refractivity contribution in [2.45, 2.75) is 32.1 Å². The molecule has 9 heteroatoms. The molecule has 1 aliphatic rings. The molecule has 1 saturated heterocycles. The molecular weight excluding hydrogens is 411 g/mol. The summed E-state index contributed by atoms with van der Waals surface area (Å²) in [4.78, 5) is 16.0. The van der Waals surface area contributed by atoms with Crippen LogP contribution in [0.15, 0.2) is 28.8 Å². The molecule has 1 aliphatic heterocycles. The Bertz CT molecular complexity index is 753. The summed E-state index contributed by atoms with van der Waals surface area (Å²) in [7, 11) is 0. The van der Waals surface area contributed by atoms with Crippen LogP contribution in [0.1, 0.15) is 31.6 Å². The summed E-state index contributed by atoms with van der Waals surface area (Å²) in [6, 6.07) is 3.27. The van der Waals surface area contributed by atoms with Crippen LogP contribution in [-0.4, -0.2) is 30.5 Å². The van der Waals surface area contributed by atoms with Crippen molar-refractivity contribution in [1.82, 2.24) is 15.6 Å². The van der Waals surface area contributed by atoms with Crippen LogP contribution in [0.4, 0.5) is 8.78 Å². The van der Waals surface area contributed by atoms with Gasteiger partial charge in [-0.3, -0.25) is 4.79 Å². The third-order valence-corrected chi connectivity index (χ3v) is 4.59. The van der Waals surface area contributed by atoms with Crippen molar-refractivity contribution >= 4 is 30.7 Å². The van der Waals surface area contributed by atoms with Crippen molar-refractivity contribution in [1.29, 1.82) is 0 Å². The highest BCUT2D eigenvalue weighted by Crippen LogP contribution is 2.24. The first-order valence-corrected chi connectivity index (χ1v) is 8.99. The number of piperidine rings is 1. The van der Waals surface area contributed by atoms with Crippen LogP contribution in [0.5, 0.6) is 0 Å². The van der Waals surface area contributed by atoms with E-state index >= 15 is 0 Å². The number of carbonyl (C=O) groups is 1. The van der Waals surface area contributed by atoms with E-state index in [1.165, 1.54) is 25.1 Å². The molecule has 1 atom stereocenters. The van der Waals surface area contributed by atoms with E-state index in [-0.39, 0.29) is 48.5 Å². The van der Waals surface area contributed by atoms with Gasteiger partial charge in [0.15, 0.2) is 11.7 Å². The highest BCUT2D eigenvalue weighted by atomic mass is 35.5. The van der Waals surface area contributed by atoms with Crippen LogP contribution in [0.2, 0.25) is 0 Å². The summed E-state index contributed by atoms with van der Waals surface area (Å²) >= 11 is 0. The van der Waals surface area contributed by atoms with E-state index in [0.717, 1.165) is 31.6 Å². The molecule has 1 aromatic heterocycles. The van der Waals surface area contributed by atoms with E-state index < -0.39 is 11.6 Å². The third kappa shape index (κ3) is 7.04. The van der Waals surface area contributed by atoms with Crippen molar-refractivity contribution < 1.29 is 18.0 Å². The van der Waals surface area contributed by atoms with Gasteiger partial charge in [0.05, 0.1) is 11.8 Å². The summed E-state index contributed by atoms with van der Waals surface area (Å²) in [5.74, 6) is -0.196. The minimum atomic E-state index is -0.706. The van der Waals surface area contributed by atoms with Gasteiger partial charge in [-0.05, 0) is 50.4 Å². The lowest BCUT2D eigenvalue weighted by atomic mass is 9.96. The number of aryl methyl sites for hydroxylation is 1. The molecule has 0 aliphatic carbocycles. The molecule has 1 unspecified atom stereocenters. The Morgan fingerprint density at radius 1 is 1.32 bits per heavy atom. The lowest BCUT2D eigenvalue weighted by Gasteiger charge is -2.22. The second kappa shape index (κ2) is 12.0. The van der Waals surface area contributed by atoms with Crippen LogP contribution in [0, 0.1) is 17.6 Å². The summed E-state index contributed by atoms with van der Waals surface area (Å²) < 4.78 is 32.2. The molecular formula is C19H25Cl2F2N3O2. The van der Waals surface area contributed by atoms with Crippen molar-refractivity contribution in [3.63, 3.8) is 0 Å². The number of amides is 1. The Balaban J connectivity index is 0.00000196. The molecule has 0 saturated carbocycles. The van der Waals surface area contributed by atoms with Crippen LogP contribution in [0.25, 0.3) is 11.3 Å². The Hall–Kier alpha value is -1.70. The van der Waals surface area contributed by atoms with Crippen LogP contribution >= 0.6 is 24.8 Å². The van der Waals surface area contributed by atoms with Gasteiger partial charge in [0, 0.05) is 25.5 Å². The molecule has 28 heavy (non-hydrogen) atoms. The molecule has 1 amide bonds. The molecule has 156 valence electrons. The fraction of sp³-hybridized carbons (Fsp3) is 0.474. The number of benzene rings is 1. The third-order valence-electron chi connectivity index (χ3n) is 4.59. The zero-order chi connectivity index (χ0) is 18.4. The minimum absolute atomic E-state index is 0. The van der Waals surface area contributed by atoms with Crippen LogP contribution in [0.3, 0.4) is 0 Å². The average Bonchev–Trinajstić information content (AvgIpc) is 3.09. The number of nitrogens with one attached hydrogen (secondary N) is 2. The van der Waals surface area contributed by atoms with Crippen molar-refractivity contribution in [2.24, 2.45) is 5.92 Å². The quantitative estimate of drug-likeness (QED) is 0.691. The Morgan fingerprint density at radius 3 is 2.86 bits per heavy atom. The maximum Gasteiger partial charge on any atom is 0.220 e. The summed E-state index contributed by atoms with van der Waals surface area (Å²) in [5.41, 5.74) is 0.149. The Morgan fingerprint density at radius 2 is 2.14 bits per heavy atom. The summed E-state index contributed by atoms with van der Waals surface area (Å²) in [6.07, 6.45) is 5.36. The van der Waals surface area contributed by atoms with E-state index in [1.807, 2.05) is 0 Å². The monoisotopic (exact) mass is 435 g/mol. The summed E-state index contributed by atoms with van der Waals surface area (Å²) in [6.45, 7) is 2.78. The number of hydrogen-bond acceptors (Lipinski definition) is 4. The number of halogens is 4. The fourth-order valence-corrected chi connectivity index (χ4v) is 3.13. The SMILES string of the molecule is Cl.Cl.O=C(CCc1ncc(-c2ccc(F)cc2F)o1)NCCC1CCCNC1. The van der Waals surface area contributed by atoms with Gasteiger partial charge < -0.3 is 15.1 Å². The van der Waals surface area contributed by atoms with Gasteiger partial charge in [0.25, 0.3) is 0 Å². The van der Waals surface area contributed by atoms with E-state index in [0.29, 0.717) is 24.8 Å². The molecule has 5 nitrogen and oxygen atoms in total. The highest BCUT2D eigenvalue weighted by molar-refractivity contribution is 5.85. The van der Waals surface area contributed by atoms with Crippen molar-refractivity contribution in [3.05, 3.63) is 41.9 Å². The van der Waals surface area contributed by atoms with Gasteiger partial charge in [-0.1, -0.05) is 0 Å². The number of rotatable bonds is 7. The minimum Gasteiger partial charge on any atom is -0.441 e. The Labute approximate surface area is 175 Å². The van der Waals surface area contributed by atoms with E-state index in [9.17, 15) is 13.6 Å². The Kier molecular flexibility index (Phi) is 10.4. The zero-order valence-electron chi connectivity index (χ0n) is 15.4. The number of aromatic nitrogens is 1. The first-order chi connectivity index (χ1) is 12.6.